The van der Waals surface area contributed by atoms with Crippen LogP contribution in [0, 0.1) is 6.92 Å². The summed E-state index contributed by atoms with van der Waals surface area (Å²) < 4.78 is 0. The van der Waals surface area contributed by atoms with E-state index in [-0.39, 0.29) is 24.0 Å². The summed E-state index contributed by atoms with van der Waals surface area (Å²) in [7, 11) is 0. The average Bonchev–Trinajstić information content (AvgIpc) is 3.31. The average molecular weight is 520 g/mol. The Hall–Kier alpha value is -0.870. The molecule has 5 nitrogen and oxygen atoms in total. The topological polar surface area (TPSA) is 43.8 Å². The van der Waals surface area contributed by atoms with E-state index in [1.165, 1.54) is 20.6 Å². The number of guanidine groups is 1. The van der Waals surface area contributed by atoms with Gasteiger partial charge in [-0.15, -0.1) is 46.7 Å². The number of anilines is 1. The molecule has 1 saturated heterocycles. The van der Waals surface area contributed by atoms with Gasteiger partial charge in [0.05, 0.1) is 15.7 Å². The van der Waals surface area contributed by atoms with Crippen LogP contribution in [-0.2, 0) is 12.8 Å². The van der Waals surface area contributed by atoms with E-state index in [4.69, 9.17) is 9.98 Å². The van der Waals surface area contributed by atoms with Crippen molar-refractivity contribution in [2.24, 2.45) is 4.99 Å². The molecule has 3 rings (SSSR count). The maximum Gasteiger partial charge on any atom is 0.194 e. The molecular weight excluding hydrogens is 489 g/mol. The Kier molecular flexibility index (Phi) is 9.31. The zero-order chi connectivity index (χ0) is 18.4. The summed E-state index contributed by atoms with van der Waals surface area (Å²) in [5.74, 6) is 1.04. The molecule has 0 aromatic carbocycles. The van der Waals surface area contributed by atoms with Crippen LogP contribution in [-0.4, -0.2) is 55.1 Å². The molecule has 1 N–H and O–H groups in total. The van der Waals surface area contributed by atoms with Crippen molar-refractivity contribution in [3.8, 4) is 0 Å². The predicted molar refractivity (Wildman–Crippen MR) is 129 cm³/mol. The number of rotatable bonds is 6. The van der Waals surface area contributed by atoms with E-state index in [0.717, 1.165) is 58.1 Å². The van der Waals surface area contributed by atoms with Gasteiger partial charge < -0.3 is 15.1 Å². The number of aryl methyl sites for hydroxylation is 2. The molecule has 2 aromatic heterocycles. The van der Waals surface area contributed by atoms with Gasteiger partial charge in [0.15, 0.2) is 5.96 Å². The van der Waals surface area contributed by atoms with Crippen molar-refractivity contribution in [1.29, 1.82) is 0 Å². The number of aliphatic imine (C=N–C) groups is 1. The Balaban J connectivity index is 0.00000261. The Morgan fingerprint density at radius 3 is 2.63 bits per heavy atom. The van der Waals surface area contributed by atoms with Crippen LogP contribution in [0.2, 0.25) is 0 Å². The van der Waals surface area contributed by atoms with Crippen molar-refractivity contribution >= 4 is 57.6 Å². The lowest BCUT2D eigenvalue weighted by Gasteiger charge is -2.37. The summed E-state index contributed by atoms with van der Waals surface area (Å²) in [5, 5.41) is 8.19. The molecule has 1 fully saturated rings. The molecular formula is C19H30IN5S2. The van der Waals surface area contributed by atoms with Gasteiger partial charge in [-0.25, -0.2) is 4.98 Å². The SMILES string of the molecule is CCNC(=NCCc1nc(CC)c(C)s1)N1CCN(c2cccs2)CC1.I. The first kappa shape index (κ1) is 22.4. The van der Waals surface area contributed by atoms with E-state index >= 15 is 0 Å². The van der Waals surface area contributed by atoms with Crippen LogP contribution in [0.4, 0.5) is 5.00 Å². The molecule has 0 amide bonds. The van der Waals surface area contributed by atoms with Crippen molar-refractivity contribution in [2.75, 3.05) is 44.2 Å². The third-order valence-corrected chi connectivity index (χ3v) is 6.59. The van der Waals surface area contributed by atoms with Crippen LogP contribution in [0.5, 0.6) is 0 Å². The minimum atomic E-state index is 0. The first-order chi connectivity index (χ1) is 12.7. The predicted octanol–water partition coefficient (Wildman–Crippen LogP) is 4.02. The molecule has 0 atom stereocenters. The van der Waals surface area contributed by atoms with Gasteiger partial charge in [0.1, 0.15) is 0 Å². The maximum atomic E-state index is 4.87. The lowest BCUT2D eigenvalue weighted by molar-refractivity contribution is 0.373. The van der Waals surface area contributed by atoms with Gasteiger partial charge in [-0.3, -0.25) is 4.99 Å². The number of thiophene rings is 1. The number of halogens is 1. The van der Waals surface area contributed by atoms with Crippen molar-refractivity contribution in [3.05, 3.63) is 33.1 Å². The molecule has 3 heterocycles. The Labute approximate surface area is 187 Å². The van der Waals surface area contributed by atoms with E-state index in [1.54, 1.807) is 0 Å². The van der Waals surface area contributed by atoms with Gasteiger partial charge in [0.25, 0.3) is 0 Å². The van der Waals surface area contributed by atoms with Crippen LogP contribution in [0.15, 0.2) is 22.5 Å². The fourth-order valence-corrected chi connectivity index (χ4v) is 4.99. The maximum absolute atomic E-state index is 4.87. The van der Waals surface area contributed by atoms with Crippen LogP contribution >= 0.6 is 46.7 Å². The second-order valence-corrected chi connectivity index (χ2v) is 8.59. The molecule has 0 bridgehead atoms. The lowest BCUT2D eigenvalue weighted by Crippen LogP contribution is -2.52. The van der Waals surface area contributed by atoms with Crippen molar-refractivity contribution in [2.45, 2.75) is 33.6 Å². The van der Waals surface area contributed by atoms with Crippen LogP contribution in [0.25, 0.3) is 0 Å². The number of nitrogens with zero attached hydrogens (tertiary/aromatic N) is 4. The number of thiazole rings is 1. The fraction of sp³-hybridized carbons (Fsp3) is 0.579. The molecule has 0 aliphatic carbocycles. The highest BCUT2D eigenvalue weighted by molar-refractivity contribution is 14.0. The molecule has 8 heteroatoms. The van der Waals surface area contributed by atoms with Crippen molar-refractivity contribution in [3.63, 3.8) is 0 Å². The molecule has 150 valence electrons. The van der Waals surface area contributed by atoms with Gasteiger partial charge in [-0.1, -0.05) is 6.92 Å². The lowest BCUT2D eigenvalue weighted by atomic mass is 10.3. The summed E-state index contributed by atoms with van der Waals surface area (Å²) in [6.45, 7) is 12.3. The van der Waals surface area contributed by atoms with E-state index < -0.39 is 0 Å². The van der Waals surface area contributed by atoms with E-state index in [0.29, 0.717) is 0 Å². The standard InChI is InChI=1S/C19H29N5S2.HI/c1-4-16-15(3)26-17(22-16)8-9-21-19(20-5-2)24-12-10-23(11-13-24)18-7-6-14-25-18;/h6-7,14H,4-5,8-13H2,1-3H3,(H,20,21);1H. The third-order valence-electron chi connectivity index (χ3n) is 4.59. The second-order valence-electron chi connectivity index (χ2n) is 6.38. The molecule has 0 spiro atoms. The van der Waals surface area contributed by atoms with Gasteiger partial charge in [-0.05, 0) is 37.8 Å². The van der Waals surface area contributed by atoms with E-state index in [1.807, 2.05) is 22.7 Å². The first-order valence-corrected chi connectivity index (χ1v) is 11.2. The zero-order valence-electron chi connectivity index (χ0n) is 16.4. The van der Waals surface area contributed by atoms with Gasteiger partial charge in [0, 0.05) is 50.6 Å². The highest BCUT2D eigenvalue weighted by Crippen LogP contribution is 2.22. The molecule has 27 heavy (non-hydrogen) atoms. The fourth-order valence-electron chi connectivity index (χ4n) is 3.19. The number of hydrogen-bond acceptors (Lipinski definition) is 5. The van der Waals surface area contributed by atoms with E-state index in [2.05, 4.69) is 53.4 Å². The van der Waals surface area contributed by atoms with Crippen molar-refractivity contribution < 1.29 is 0 Å². The summed E-state index contributed by atoms with van der Waals surface area (Å²) in [4.78, 5) is 15.8. The Morgan fingerprint density at radius 2 is 2.04 bits per heavy atom. The monoisotopic (exact) mass is 519 g/mol. The van der Waals surface area contributed by atoms with Gasteiger partial charge in [0.2, 0.25) is 0 Å². The highest BCUT2D eigenvalue weighted by atomic mass is 127. The molecule has 2 aromatic rings. The normalized spacial score (nSPS) is 15.0. The number of hydrogen-bond donors (Lipinski definition) is 1. The quantitative estimate of drug-likeness (QED) is 0.356. The van der Waals surface area contributed by atoms with Crippen LogP contribution in [0.1, 0.15) is 29.4 Å². The number of aromatic nitrogens is 1. The minimum Gasteiger partial charge on any atom is -0.360 e. The van der Waals surface area contributed by atoms with Crippen molar-refractivity contribution in [1.82, 2.24) is 15.2 Å². The molecule has 0 saturated carbocycles. The molecule has 1 aliphatic rings. The van der Waals surface area contributed by atoms with E-state index in [9.17, 15) is 0 Å². The molecule has 0 radical (unpaired) electrons. The Morgan fingerprint density at radius 1 is 1.26 bits per heavy atom. The Bertz CT molecular complexity index is 706. The number of nitrogens with one attached hydrogen (secondary N) is 1. The molecule has 0 unspecified atom stereocenters. The summed E-state index contributed by atoms with van der Waals surface area (Å²) in [5.41, 5.74) is 1.24. The first-order valence-electron chi connectivity index (χ1n) is 9.48. The summed E-state index contributed by atoms with van der Waals surface area (Å²) >= 11 is 3.64. The summed E-state index contributed by atoms with van der Waals surface area (Å²) in [6, 6.07) is 4.34. The highest BCUT2D eigenvalue weighted by Gasteiger charge is 2.20. The minimum absolute atomic E-state index is 0. The number of piperazine rings is 1. The van der Waals surface area contributed by atoms with Crippen LogP contribution in [0.3, 0.4) is 0 Å². The summed E-state index contributed by atoms with van der Waals surface area (Å²) in [6.07, 6.45) is 1.94. The van der Waals surface area contributed by atoms with Crippen LogP contribution < -0.4 is 10.2 Å². The van der Waals surface area contributed by atoms with Gasteiger partial charge >= 0.3 is 0 Å². The largest absolute Gasteiger partial charge is 0.360 e. The van der Waals surface area contributed by atoms with Gasteiger partial charge in [-0.2, -0.15) is 0 Å². The second kappa shape index (κ2) is 11.2. The third kappa shape index (κ3) is 6.05. The zero-order valence-corrected chi connectivity index (χ0v) is 20.4. The smallest absolute Gasteiger partial charge is 0.194 e. The molecule has 1 aliphatic heterocycles.